The Balaban J connectivity index is 1.31. The van der Waals surface area contributed by atoms with E-state index in [4.69, 9.17) is 4.74 Å². The van der Waals surface area contributed by atoms with E-state index in [-0.39, 0.29) is 5.82 Å². The number of hydrogen-bond donors (Lipinski definition) is 1. The fourth-order valence-corrected chi connectivity index (χ4v) is 4.16. The third-order valence-electron chi connectivity index (χ3n) is 6.17. The molecule has 38 heavy (non-hydrogen) atoms. The largest absolute Gasteiger partial charge is 0.416 e. The van der Waals surface area contributed by atoms with Crippen LogP contribution in [0.4, 0.5) is 46.4 Å². The Labute approximate surface area is 216 Å². The molecule has 200 valence electrons. The number of aromatic nitrogens is 3. The molecule has 0 atom stereocenters. The molecule has 5 rings (SSSR count). The number of nitrogens with one attached hydrogen (secondary N) is 1. The molecule has 9 nitrogen and oxygen atoms in total. The van der Waals surface area contributed by atoms with E-state index in [1.165, 1.54) is 0 Å². The van der Waals surface area contributed by atoms with Gasteiger partial charge in [-0.1, -0.05) is 0 Å². The highest BCUT2D eigenvalue weighted by molar-refractivity contribution is 6.01. The third kappa shape index (κ3) is 5.62. The maximum absolute atomic E-state index is 14.4. The first-order chi connectivity index (χ1) is 18.2. The van der Waals surface area contributed by atoms with Gasteiger partial charge in [0, 0.05) is 45.0 Å². The molecule has 2 aromatic heterocycles. The normalized spacial score (nSPS) is 16.0. The van der Waals surface area contributed by atoms with Crippen LogP contribution in [0.3, 0.4) is 0 Å². The van der Waals surface area contributed by atoms with Crippen molar-refractivity contribution in [2.45, 2.75) is 12.6 Å². The number of morpholine rings is 1. The van der Waals surface area contributed by atoms with Gasteiger partial charge < -0.3 is 19.9 Å². The van der Waals surface area contributed by atoms with Crippen LogP contribution in [0.5, 0.6) is 0 Å². The number of ether oxygens (including phenoxy) is 1. The Morgan fingerprint density at radius 3 is 2.45 bits per heavy atom. The molecule has 1 N–H and O–H groups in total. The van der Waals surface area contributed by atoms with E-state index in [9.17, 15) is 17.6 Å². The van der Waals surface area contributed by atoms with Crippen molar-refractivity contribution < 1.29 is 22.3 Å². The highest BCUT2D eigenvalue weighted by Crippen LogP contribution is 2.35. The van der Waals surface area contributed by atoms with Gasteiger partial charge in [0.2, 0.25) is 5.95 Å². The van der Waals surface area contributed by atoms with E-state index in [1.54, 1.807) is 48.4 Å². The van der Waals surface area contributed by atoms with Crippen molar-refractivity contribution in [3.05, 3.63) is 59.8 Å². The first-order valence-corrected chi connectivity index (χ1v) is 12.0. The van der Waals surface area contributed by atoms with Gasteiger partial charge in [-0.25, -0.2) is 14.4 Å². The lowest BCUT2D eigenvalue weighted by Crippen LogP contribution is -2.37. The minimum Gasteiger partial charge on any atom is -0.378 e. The quantitative estimate of drug-likeness (QED) is 0.473. The molecular weight excluding hydrogens is 504 g/mol. The summed E-state index contributed by atoms with van der Waals surface area (Å²) in [7, 11) is 3.36. The van der Waals surface area contributed by atoms with Crippen LogP contribution in [0.15, 0.2) is 47.8 Å². The number of benzene rings is 1. The SMILES string of the molecule is CN(C)c1cc(Nc2ccc(C3=NN(c4ncc(F)c(N5CCOCC5)n4)CC3)nc2)cc(C(F)(F)F)c1. The minimum absolute atomic E-state index is 0.225. The molecular formula is C25H26F4N8O. The zero-order valence-electron chi connectivity index (χ0n) is 20.8. The van der Waals surface area contributed by atoms with E-state index in [0.717, 1.165) is 18.3 Å². The number of hydrogen-bond acceptors (Lipinski definition) is 9. The maximum atomic E-state index is 14.4. The highest BCUT2D eigenvalue weighted by Gasteiger charge is 2.31. The fourth-order valence-electron chi connectivity index (χ4n) is 4.16. The Morgan fingerprint density at radius 2 is 1.76 bits per heavy atom. The predicted molar refractivity (Wildman–Crippen MR) is 137 cm³/mol. The molecule has 0 amide bonds. The Kier molecular flexibility index (Phi) is 7.02. The van der Waals surface area contributed by atoms with Gasteiger partial charge in [-0.3, -0.25) is 4.98 Å². The molecule has 1 aromatic carbocycles. The van der Waals surface area contributed by atoms with Crippen molar-refractivity contribution in [2.75, 3.05) is 67.1 Å². The molecule has 0 bridgehead atoms. The number of rotatable bonds is 6. The molecule has 0 unspecified atom stereocenters. The number of halogens is 4. The summed E-state index contributed by atoms with van der Waals surface area (Å²) in [6.07, 6.45) is -1.20. The van der Waals surface area contributed by atoms with Crippen molar-refractivity contribution in [1.82, 2.24) is 15.0 Å². The van der Waals surface area contributed by atoms with Crippen LogP contribution in [0, 0.1) is 5.82 Å². The second kappa shape index (κ2) is 10.4. The number of hydrazone groups is 1. The van der Waals surface area contributed by atoms with Gasteiger partial charge in [0.05, 0.1) is 54.8 Å². The van der Waals surface area contributed by atoms with Crippen molar-refractivity contribution in [3.8, 4) is 0 Å². The van der Waals surface area contributed by atoms with Crippen LogP contribution in [-0.2, 0) is 10.9 Å². The summed E-state index contributed by atoms with van der Waals surface area (Å²) in [6, 6.07) is 7.28. The molecule has 4 heterocycles. The molecule has 0 saturated carbocycles. The van der Waals surface area contributed by atoms with Gasteiger partial charge in [0.1, 0.15) is 0 Å². The van der Waals surface area contributed by atoms with Gasteiger partial charge in [-0.05, 0) is 30.3 Å². The van der Waals surface area contributed by atoms with E-state index >= 15 is 0 Å². The Hall–Kier alpha value is -4.00. The molecule has 0 aliphatic carbocycles. The number of anilines is 5. The van der Waals surface area contributed by atoms with E-state index < -0.39 is 17.6 Å². The van der Waals surface area contributed by atoms with Crippen LogP contribution in [-0.4, -0.2) is 67.6 Å². The van der Waals surface area contributed by atoms with Crippen LogP contribution in [0.1, 0.15) is 17.7 Å². The first-order valence-electron chi connectivity index (χ1n) is 12.0. The lowest BCUT2D eigenvalue weighted by Gasteiger charge is -2.28. The van der Waals surface area contributed by atoms with E-state index in [2.05, 4.69) is 25.4 Å². The van der Waals surface area contributed by atoms with Crippen molar-refractivity contribution >= 4 is 34.5 Å². The van der Waals surface area contributed by atoms with Gasteiger partial charge in [-0.15, -0.1) is 0 Å². The predicted octanol–water partition coefficient (Wildman–Crippen LogP) is 4.29. The monoisotopic (exact) mass is 530 g/mol. The fraction of sp³-hybridized carbons (Fsp3) is 0.360. The summed E-state index contributed by atoms with van der Waals surface area (Å²) in [5.41, 5.74) is 1.83. The average molecular weight is 531 g/mol. The molecule has 2 aliphatic rings. The summed E-state index contributed by atoms with van der Waals surface area (Å²) in [5, 5.41) is 9.18. The van der Waals surface area contributed by atoms with Gasteiger partial charge in [0.15, 0.2) is 11.6 Å². The zero-order valence-corrected chi connectivity index (χ0v) is 20.8. The highest BCUT2D eigenvalue weighted by atomic mass is 19.4. The first kappa shape index (κ1) is 25.6. The lowest BCUT2D eigenvalue weighted by atomic mass is 10.1. The van der Waals surface area contributed by atoms with Crippen molar-refractivity contribution in [2.24, 2.45) is 5.10 Å². The van der Waals surface area contributed by atoms with Crippen LogP contribution >= 0.6 is 0 Å². The van der Waals surface area contributed by atoms with Crippen LogP contribution in [0.25, 0.3) is 0 Å². The summed E-state index contributed by atoms with van der Waals surface area (Å²) in [5.74, 6) is 0.0206. The Morgan fingerprint density at radius 1 is 0.974 bits per heavy atom. The Bertz CT molecular complexity index is 1320. The van der Waals surface area contributed by atoms with Crippen LogP contribution in [0.2, 0.25) is 0 Å². The number of nitrogens with zero attached hydrogens (tertiary/aromatic N) is 7. The molecule has 0 radical (unpaired) electrons. The standard InChI is InChI=1S/C25H26F4N8O/c1-35(2)19-12-16(25(27,28)29)11-18(13-19)32-17-3-4-21(30-14-17)22-5-6-37(34-22)24-31-15-20(26)23(33-24)36-7-9-38-10-8-36/h3-4,11-15,32H,5-10H2,1-2H3. The average Bonchev–Trinajstić information content (AvgIpc) is 3.39. The number of alkyl halides is 3. The summed E-state index contributed by atoms with van der Waals surface area (Å²) in [6.45, 7) is 2.60. The summed E-state index contributed by atoms with van der Waals surface area (Å²) in [4.78, 5) is 16.4. The second-order valence-corrected chi connectivity index (χ2v) is 9.08. The number of pyridine rings is 1. The lowest BCUT2D eigenvalue weighted by molar-refractivity contribution is -0.137. The molecule has 2 aliphatic heterocycles. The third-order valence-corrected chi connectivity index (χ3v) is 6.17. The van der Waals surface area contributed by atoms with Crippen molar-refractivity contribution in [1.29, 1.82) is 0 Å². The molecule has 0 spiro atoms. The molecule has 13 heteroatoms. The van der Waals surface area contributed by atoms with E-state index in [1.807, 2.05) is 4.90 Å². The molecule has 1 fully saturated rings. The van der Waals surface area contributed by atoms with E-state index in [0.29, 0.717) is 73.7 Å². The molecule has 1 saturated heterocycles. The topological polar surface area (TPSA) is 82.0 Å². The smallest absolute Gasteiger partial charge is 0.378 e. The summed E-state index contributed by atoms with van der Waals surface area (Å²) < 4.78 is 59.8. The van der Waals surface area contributed by atoms with Crippen molar-refractivity contribution in [3.63, 3.8) is 0 Å². The van der Waals surface area contributed by atoms with Gasteiger partial charge >= 0.3 is 6.18 Å². The second-order valence-electron chi connectivity index (χ2n) is 9.08. The maximum Gasteiger partial charge on any atom is 0.416 e. The van der Waals surface area contributed by atoms with Gasteiger partial charge in [0.25, 0.3) is 0 Å². The zero-order chi connectivity index (χ0) is 26.9. The molecule has 3 aromatic rings. The minimum atomic E-state index is -4.46. The van der Waals surface area contributed by atoms with Gasteiger partial charge in [-0.2, -0.15) is 23.3 Å². The van der Waals surface area contributed by atoms with Crippen LogP contribution < -0.4 is 20.1 Å². The summed E-state index contributed by atoms with van der Waals surface area (Å²) >= 11 is 0.